The highest BCUT2D eigenvalue weighted by Crippen LogP contribution is 2.33. The van der Waals surface area contributed by atoms with Crippen LogP contribution in [0.5, 0.6) is 0 Å². The maximum absolute atomic E-state index is 14.3. The largest absolute Gasteiger partial charge is 0.477 e. The molecule has 2 aromatic carbocycles. The molecule has 1 heterocycles. The first-order valence-electron chi connectivity index (χ1n) is 8.76. The number of hydrogen-bond donors (Lipinski definition) is 0. The van der Waals surface area contributed by atoms with Crippen LogP contribution in [0.15, 0.2) is 54.3 Å². The molecule has 4 nitrogen and oxygen atoms in total. The molecule has 0 saturated carbocycles. The molecule has 0 aromatic heterocycles. The molecule has 1 amide bonds. The lowest BCUT2D eigenvalue weighted by Gasteiger charge is -2.40. The predicted octanol–water partition coefficient (Wildman–Crippen LogP) is 4.34. The Morgan fingerprint density at radius 3 is 2.37 bits per heavy atom. The number of rotatable bonds is 4. The Labute approximate surface area is 158 Å². The number of hydrogen-bond acceptors (Lipinski definition) is 3. The SMILES string of the molecule is CC1=C(c2ccccc2F)C(=O)N(C(C)(C)C(=O)c2ccccc2C)CO1. The number of halogens is 1. The van der Waals surface area contributed by atoms with Crippen molar-refractivity contribution in [3.8, 4) is 0 Å². The molecule has 1 aliphatic heterocycles. The number of nitrogens with zero attached hydrogens (tertiary/aromatic N) is 1. The summed E-state index contributed by atoms with van der Waals surface area (Å²) in [6.45, 7) is 6.79. The maximum Gasteiger partial charge on any atom is 0.261 e. The van der Waals surface area contributed by atoms with Gasteiger partial charge in [0, 0.05) is 11.1 Å². The van der Waals surface area contributed by atoms with E-state index in [4.69, 9.17) is 4.74 Å². The van der Waals surface area contributed by atoms with E-state index >= 15 is 0 Å². The number of benzene rings is 2. The van der Waals surface area contributed by atoms with Crippen molar-refractivity contribution >= 4 is 17.3 Å². The highest BCUT2D eigenvalue weighted by Gasteiger charge is 2.43. The van der Waals surface area contributed by atoms with Crippen molar-refractivity contribution in [2.24, 2.45) is 0 Å². The van der Waals surface area contributed by atoms with Gasteiger partial charge >= 0.3 is 0 Å². The Morgan fingerprint density at radius 1 is 1.07 bits per heavy atom. The molecule has 0 fully saturated rings. The van der Waals surface area contributed by atoms with E-state index in [0.29, 0.717) is 11.3 Å². The Morgan fingerprint density at radius 2 is 1.70 bits per heavy atom. The number of ketones is 1. The first kappa shape index (κ1) is 18.8. The zero-order chi connectivity index (χ0) is 19.8. The van der Waals surface area contributed by atoms with E-state index in [1.54, 1.807) is 45.0 Å². The van der Waals surface area contributed by atoms with Crippen molar-refractivity contribution in [2.45, 2.75) is 33.2 Å². The van der Waals surface area contributed by atoms with Crippen molar-refractivity contribution in [1.82, 2.24) is 4.90 Å². The summed E-state index contributed by atoms with van der Waals surface area (Å²) < 4.78 is 19.9. The van der Waals surface area contributed by atoms with Gasteiger partial charge in [0.05, 0.1) is 5.57 Å². The van der Waals surface area contributed by atoms with Crippen molar-refractivity contribution in [3.63, 3.8) is 0 Å². The molecule has 2 aromatic rings. The van der Waals surface area contributed by atoms with Gasteiger partial charge in [-0.15, -0.1) is 0 Å². The van der Waals surface area contributed by atoms with Crippen LogP contribution in [0.2, 0.25) is 0 Å². The molecule has 5 heteroatoms. The average Bonchev–Trinajstić information content (AvgIpc) is 2.63. The van der Waals surface area contributed by atoms with Gasteiger partial charge in [0.2, 0.25) is 0 Å². The van der Waals surface area contributed by atoms with Gasteiger partial charge in [-0.2, -0.15) is 0 Å². The lowest BCUT2D eigenvalue weighted by atomic mass is 9.88. The molecule has 0 saturated heterocycles. The van der Waals surface area contributed by atoms with Gasteiger partial charge in [0.15, 0.2) is 12.5 Å². The van der Waals surface area contributed by atoms with Crippen LogP contribution in [-0.4, -0.2) is 28.9 Å². The van der Waals surface area contributed by atoms with Crippen molar-refractivity contribution < 1.29 is 18.7 Å². The summed E-state index contributed by atoms with van der Waals surface area (Å²) in [7, 11) is 0. The zero-order valence-electron chi connectivity index (χ0n) is 15.9. The molecule has 0 bridgehead atoms. The summed E-state index contributed by atoms with van der Waals surface area (Å²) in [5, 5.41) is 0. The van der Waals surface area contributed by atoms with E-state index in [1.165, 1.54) is 17.0 Å². The number of ether oxygens (including phenoxy) is 1. The van der Waals surface area contributed by atoms with Gasteiger partial charge in [-0.3, -0.25) is 14.5 Å². The van der Waals surface area contributed by atoms with Crippen LogP contribution in [0.25, 0.3) is 5.57 Å². The van der Waals surface area contributed by atoms with Crippen LogP contribution in [-0.2, 0) is 9.53 Å². The minimum atomic E-state index is -1.15. The number of Topliss-reactive ketones (excluding diaryl/α,β-unsaturated/α-hetero) is 1. The molecule has 27 heavy (non-hydrogen) atoms. The highest BCUT2D eigenvalue weighted by molar-refractivity contribution is 6.22. The number of amides is 1. The third-order valence-electron chi connectivity index (χ3n) is 4.98. The first-order valence-corrected chi connectivity index (χ1v) is 8.76. The minimum Gasteiger partial charge on any atom is -0.477 e. The van der Waals surface area contributed by atoms with Gasteiger partial charge in [0.1, 0.15) is 17.1 Å². The molecular formula is C22H22FNO3. The molecular weight excluding hydrogens is 345 g/mol. The number of carbonyl (C=O) groups excluding carboxylic acids is 2. The lowest BCUT2D eigenvalue weighted by molar-refractivity contribution is -0.136. The van der Waals surface area contributed by atoms with Crippen LogP contribution in [0.1, 0.15) is 42.3 Å². The fourth-order valence-electron chi connectivity index (χ4n) is 3.24. The highest BCUT2D eigenvalue weighted by atomic mass is 19.1. The van der Waals surface area contributed by atoms with Gasteiger partial charge in [-0.25, -0.2) is 4.39 Å². The number of allylic oxidation sites excluding steroid dienone is 1. The monoisotopic (exact) mass is 367 g/mol. The third-order valence-corrected chi connectivity index (χ3v) is 4.98. The fraction of sp³-hybridized carbons (Fsp3) is 0.273. The van der Waals surface area contributed by atoms with E-state index in [0.717, 1.165) is 5.56 Å². The average molecular weight is 367 g/mol. The predicted molar refractivity (Wildman–Crippen MR) is 101 cm³/mol. The summed E-state index contributed by atoms with van der Waals surface area (Å²) in [6.07, 6.45) is 0. The van der Waals surface area contributed by atoms with E-state index in [9.17, 15) is 14.0 Å². The van der Waals surface area contributed by atoms with E-state index in [1.807, 2.05) is 19.1 Å². The summed E-state index contributed by atoms with van der Waals surface area (Å²) in [4.78, 5) is 27.8. The van der Waals surface area contributed by atoms with E-state index < -0.39 is 17.3 Å². The van der Waals surface area contributed by atoms with Gasteiger partial charge < -0.3 is 4.74 Å². The second kappa shape index (κ2) is 6.99. The quantitative estimate of drug-likeness (QED) is 0.755. The summed E-state index contributed by atoms with van der Waals surface area (Å²) >= 11 is 0. The fourth-order valence-corrected chi connectivity index (χ4v) is 3.24. The van der Waals surface area contributed by atoms with Crippen molar-refractivity contribution in [3.05, 3.63) is 76.8 Å². The Bertz CT molecular complexity index is 946. The van der Waals surface area contributed by atoms with Crippen LogP contribution in [0.4, 0.5) is 4.39 Å². The number of carbonyl (C=O) groups is 2. The topological polar surface area (TPSA) is 46.6 Å². The summed E-state index contributed by atoms with van der Waals surface area (Å²) in [6, 6.07) is 13.3. The van der Waals surface area contributed by atoms with Crippen LogP contribution < -0.4 is 0 Å². The molecule has 0 unspecified atom stereocenters. The summed E-state index contributed by atoms with van der Waals surface area (Å²) in [5.74, 6) is -0.769. The molecule has 1 aliphatic rings. The molecule has 140 valence electrons. The van der Waals surface area contributed by atoms with Crippen LogP contribution in [0, 0.1) is 12.7 Å². The lowest BCUT2D eigenvalue weighted by Crippen LogP contribution is -2.55. The van der Waals surface area contributed by atoms with E-state index in [2.05, 4.69) is 0 Å². The molecule has 0 radical (unpaired) electrons. The first-order chi connectivity index (χ1) is 12.7. The van der Waals surface area contributed by atoms with Crippen LogP contribution in [0.3, 0.4) is 0 Å². The van der Waals surface area contributed by atoms with Gasteiger partial charge in [-0.05, 0) is 39.3 Å². The Kier molecular flexibility index (Phi) is 4.87. The minimum absolute atomic E-state index is 0.0623. The molecule has 0 spiro atoms. The van der Waals surface area contributed by atoms with Crippen molar-refractivity contribution in [1.29, 1.82) is 0 Å². The van der Waals surface area contributed by atoms with Gasteiger partial charge in [0.25, 0.3) is 5.91 Å². The summed E-state index contributed by atoms with van der Waals surface area (Å²) in [5.41, 5.74) is 0.547. The second-order valence-electron chi connectivity index (χ2n) is 7.12. The van der Waals surface area contributed by atoms with Crippen LogP contribution >= 0.6 is 0 Å². The molecule has 0 atom stereocenters. The normalized spacial score (nSPS) is 15.0. The molecule has 3 rings (SSSR count). The third kappa shape index (κ3) is 3.25. The maximum atomic E-state index is 14.3. The van der Waals surface area contributed by atoms with Crippen molar-refractivity contribution in [2.75, 3.05) is 6.73 Å². The number of aryl methyl sites for hydroxylation is 1. The smallest absolute Gasteiger partial charge is 0.261 e. The second-order valence-corrected chi connectivity index (χ2v) is 7.12. The Balaban J connectivity index is 2.01. The standard InChI is InChI=1S/C22H22FNO3/c1-14-9-5-6-10-16(14)20(25)22(3,4)24-13-27-15(2)19(21(24)26)17-11-7-8-12-18(17)23/h5-12H,13H2,1-4H3. The molecule has 0 N–H and O–H groups in total. The zero-order valence-corrected chi connectivity index (χ0v) is 15.9. The van der Waals surface area contributed by atoms with Gasteiger partial charge in [-0.1, -0.05) is 42.5 Å². The Hall–Kier alpha value is -2.95. The molecule has 0 aliphatic carbocycles. The van der Waals surface area contributed by atoms with E-state index in [-0.39, 0.29) is 23.7 Å².